The summed E-state index contributed by atoms with van der Waals surface area (Å²) in [4.78, 5) is 19.1. The lowest BCUT2D eigenvalue weighted by atomic mass is 9.93. The van der Waals surface area contributed by atoms with E-state index >= 15 is 0 Å². The van der Waals surface area contributed by atoms with Crippen LogP contribution >= 0.6 is 0 Å². The summed E-state index contributed by atoms with van der Waals surface area (Å²) in [5, 5.41) is 6.24. The lowest BCUT2D eigenvalue weighted by Crippen LogP contribution is -2.51. The molecular formula is C32H36F6N5O2+. The number of ether oxygens (including phenoxy) is 1. The summed E-state index contributed by atoms with van der Waals surface area (Å²) in [5.74, 6) is 0.317. The molecule has 0 radical (unpaired) electrons. The van der Waals surface area contributed by atoms with E-state index in [1.54, 1.807) is 36.4 Å². The first-order chi connectivity index (χ1) is 21.5. The van der Waals surface area contributed by atoms with Gasteiger partial charge in [0.1, 0.15) is 0 Å². The van der Waals surface area contributed by atoms with Gasteiger partial charge in [0, 0.05) is 47.8 Å². The minimum atomic E-state index is -5.00. The Labute approximate surface area is 257 Å². The van der Waals surface area contributed by atoms with Gasteiger partial charge in [-0.1, -0.05) is 18.2 Å². The predicted octanol–water partition coefficient (Wildman–Crippen LogP) is 5.73. The fourth-order valence-electron chi connectivity index (χ4n) is 6.78. The predicted molar refractivity (Wildman–Crippen MR) is 155 cm³/mol. The number of halogens is 6. The number of piperidine rings is 1. The minimum Gasteiger partial charge on any atom is -0.456 e. The molecule has 0 bridgehead atoms. The molecule has 6 rings (SSSR count). The molecule has 2 unspecified atom stereocenters. The topological polar surface area (TPSA) is 59.9 Å². The second-order valence-electron chi connectivity index (χ2n) is 12.0. The van der Waals surface area contributed by atoms with Crippen molar-refractivity contribution in [1.82, 2.24) is 20.4 Å². The van der Waals surface area contributed by atoms with Crippen molar-refractivity contribution in [1.29, 1.82) is 0 Å². The Bertz CT molecular complexity index is 1410. The lowest BCUT2D eigenvalue weighted by Gasteiger charge is -2.40. The molecule has 0 aromatic heterocycles. The van der Waals surface area contributed by atoms with E-state index in [9.17, 15) is 31.2 Å². The Morgan fingerprint density at radius 3 is 2.13 bits per heavy atom. The van der Waals surface area contributed by atoms with Crippen LogP contribution in [0.2, 0.25) is 0 Å². The van der Waals surface area contributed by atoms with Crippen LogP contribution in [0.5, 0.6) is 0 Å². The molecule has 2 fully saturated rings. The van der Waals surface area contributed by atoms with Crippen LogP contribution in [0, 0.1) is 4.91 Å². The average Bonchev–Trinajstić information content (AvgIpc) is 3.56. The standard InChI is InChI=1S/C32H36F6N5O2/c33-31(34,35)23-14-21(15-24(17-23)32(36,37)38)16-28-26-19-39-20-40-30(26)45-29(18-27(43(28)44)22-6-2-1-3-7-22)42-12-8-25(9-13-42)41-10-4-5-11-41/h1-3,6-7,14-15,17-18,25,28-29,39-40H,4-5,8-13,16,19-20H2/q+1/b27-18-. The Morgan fingerprint density at radius 1 is 0.867 bits per heavy atom. The number of hydrogen-bond donors (Lipinski definition) is 2. The van der Waals surface area contributed by atoms with E-state index in [0.717, 1.165) is 43.8 Å². The highest BCUT2D eigenvalue weighted by molar-refractivity contribution is 5.59. The zero-order valence-corrected chi connectivity index (χ0v) is 24.6. The van der Waals surface area contributed by atoms with Gasteiger partial charge in [0.15, 0.2) is 12.1 Å². The Kier molecular flexibility index (Phi) is 8.95. The maximum Gasteiger partial charge on any atom is 0.416 e. The molecule has 7 nitrogen and oxygen atoms in total. The van der Waals surface area contributed by atoms with Gasteiger partial charge in [-0.05, 0) is 74.7 Å². The van der Waals surface area contributed by atoms with Crippen LogP contribution in [0.15, 0.2) is 66.1 Å². The number of hydrogen-bond acceptors (Lipinski definition) is 6. The van der Waals surface area contributed by atoms with E-state index < -0.39 is 42.2 Å². The molecule has 2 N–H and O–H groups in total. The van der Waals surface area contributed by atoms with Gasteiger partial charge >= 0.3 is 12.4 Å². The normalized spacial score (nSPS) is 25.6. The van der Waals surface area contributed by atoms with E-state index in [1.165, 1.54) is 12.8 Å². The summed E-state index contributed by atoms with van der Waals surface area (Å²) in [7, 11) is 0. The van der Waals surface area contributed by atoms with E-state index in [2.05, 4.69) is 20.4 Å². The molecule has 2 atom stereocenters. The highest BCUT2D eigenvalue weighted by Gasteiger charge is 2.43. The Hall–Kier alpha value is -3.42. The third kappa shape index (κ3) is 7.05. The summed E-state index contributed by atoms with van der Waals surface area (Å²) < 4.78 is 89.4. The summed E-state index contributed by atoms with van der Waals surface area (Å²) in [6.07, 6.45) is -4.95. The largest absolute Gasteiger partial charge is 0.456 e. The van der Waals surface area contributed by atoms with Crippen molar-refractivity contribution in [2.45, 2.75) is 62.8 Å². The molecule has 4 aliphatic rings. The van der Waals surface area contributed by atoms with Crippen molar-refractivity contribution in [2.75, 3.05) is 39.4 Å². The third-order valence-corrected chi connectivity index (χ3v) is 9.10. The fourth-order valence-corrected chi connectivity index (χ4v) is 6.78. The number of rotatable bonds is 5. The molecule has 4 aliphatic heterocycles. The van der Waals surface area contributed by atoms with Gasteiger partial charge in [-0.25, -0.2) is 0 Å². The van der Waals surface area contributed by atoms with Crippen molar-refractivity contribution >= 4 is 5.70 Å². The van der Waals surface area contributed by atoms with E-state index in [4.69, 9.17) is 4.74 Å². The Balaban J connectivity index is 1.37. The maximum atomic E-state index is 14.4. The van der Waals surface area contributed by atoms with Crippen LogP contribution in [-0.2, 0) is 23.5 Å². The SMILES string of the molecule is O=[N+]1/C(c2ccccc2)=C\C(N2CCC(N3CCCC3)CC2)OC2=C(CNCN2)C1Cc1cc(C(F)(F)F)cc(C(F)(F)F)c1. The zero-order valence-electron chi connectivity index (χ0n) is 24.6. The fraction of sp³-hybridized carbons (Fsp3) is 0.500. The van der Waals surface area contributed by atoms with Gasteiger partial charge in [-0.2, -0.15) is 26.3 Å². The Morgan fingerprint density at radius 2 is 1.51 bits per heavy atom. The first-order valence-electron chi connectivity index (χ1n) is 15.3. The van der Waals surface area contributed by atoms with Gasteiger partial charge in [0.25, 0.3) is 5.70 Å². The molecule has 2 saturated heterocycles. The van der Waals surface area contributed by atoms with E-state index in [-0.39, 0.29) is 23.9 Å². The first kappa shape index (κ1) is 31.6. The van der Waals surface area contributed by atoms with Crippen LogP contribution in [-0.4, -0.2) is 72.3 Å². The molecule has 0 amide bonds. The number of nitrogens with zero attached hydrogens (tertiary/aromatic N) is 3. The molecule has 2 aromatic rings. The van der Waals surface area contributed by atoms with Crippen LogP contribution in [0.25, 0.3) is 5.70 Å². The summed E-state index contributed by atoms with van der Waals surface area (Å²) in [6, 6.07) is 9.66. The number of nitrogens with one attached hydrogen (secondary N) is 2. The molecular weight excluding hydrogens is 600 g/mol. The molecule has 2 aromatic carbocycles. The third-order valence-electron chi connectivity index (χ3n) is 9.10. The van der Waals surface area contributed by atoms with Crippen molar-refractivity contribution < 1.29 is 35.8 Å². The van der Waals surface area contributed by atoms with Crippen LogP contribution in [0.4, 0.5) is 26.3 Å². The van der Waals surface area contributed by atoms with Gasteiger partial charge in [0.05, 0.1) is 28.9 Å². The second kappa shape index (κ2) is 12.8. The van der Waals surface area contributed by atoms with E-state index in [0.29, 0.717) is 41.9 Å². The molecule has 0 saturated carbocycles. The first-order valence-corrected chi connectivity index (χ1v) is 15.3. The highest BCUT2D eigenvalue weighted by atomic mass is 19.4. The maximum absolute atomic E-state index is 14.4. The molecule has 0 spiro atoms. The zero-order chi connectivity index (χ0) is 31.8. The number of likely N-dealkylation sites (tertiary alicyclic amines) is 2. The summed E-state index contributed by atoms with van der Waals surface area (Å²) in [6.45, 7) is 4.21. The van der Waals surface area contributed by atoms with Crippen LogP contribution in [0.3, 0.4) is 0 Å². The summed E-state index contributed by atoms with van der Waals surface area (Å²) in [5.41, 5.74) is -1.85. The van der Waals surface area contributed by atoms with Crippen molar-refractivity contribution in [3.63, 3.8) is 0 Å². The molecule has 0 aliphatic carbocycles. The summed E-state index contributed by atoms with van der Waals surface area (Å²) >= 11 is 0. The highest BCUT2D eigenvalue weighted by Crippen LogP contribution is 2.38. The van der Waals surface area contributed by atoms with Gasteiger partial charge in [-0.15, -0.1) is 0 Å². The van der Waals surface area contributed by atoms with E-state index in [1.807, 2.05) is 0 Å². The van der Waals surface area contributed by atoms with Crippen LogP contribution in [0.1, 0.15) is 47.9 Å². The monoisotopic (exact) mass is 636 g/mol. The molecule has 13 heteroatoms. The molecule has 4 heterocycles. The molecule has 45 heavy (non-hydrogen) atoms. The van der Waals surface area contributed by atoms with Crippen LogP contribution < -0.4 is 10.6 Å². The smallest absolute Gasteiger partial charge is 0.416 e. The van der Waals surface area contributed by atoms with Gasteiger partial charge in [-0.3, -0.25) is 10.2 Å². The van der Waals surface area contributed by atoms with Gasteiger partial charge in [0.2, 0.25) is 6.04 Å². The van der Waals surface area contributed by atoms with Crippen molar-refractivity contribution in [3.05, 3.63) is 93.2 Å². The molecule has 242 valence electrons. The number of nitroso groups, excluding NO2 is 1. The minimum absolute atomic E-state index is 0.0981. The van der Waals surface area contributed by atoms with Gasteiger partial charge < -0.3 is 15.0 Å². The van der Waals surface area contributed by atoms with Crippen molar-refractivity contribution in [3.8, 4) is 0 Å². The lowest BCUT2D eigenvalue weighted by molar-refractivity contribution is -0.489. The quantitative estimate of drug-likeness (QED) is 0.323. The average molecular weight is 637 g/mol. The number of alkyl halides is 6. The van der Waals surface area contributed by atoms with Crippen molar-refractivity contribution in [2.24, 2.45) is 0 Å². The second-order valence-corrected chi connectivity index (χ2v) is 12.0. The number of benzene rings is 2.